The van der Waals surface area contributed by atoms with Crippen molar-refractivity contribution in [2.75, 3.05) is 6.54 Å². The summed E-state index contributed by atoms with van der Waals surface area (Å²) in [7, 11) is 0. The third kappa shape index (κ3) is 2.76. The number of aryl methyl sites for hydroxylation is 1. The minimum absolute atomic E-state index is 0.133. The summed E-state index contributed by atoms with van der Waals surface area (Å²) in [5.41, 5.74) is 0.990. The lowest BCUT2D eigenvalue weighted by molar-refractivity contribution is 0.508. The van der Waals surface area contributed by atoms with Gasteiger partial charge in [0, 0.05) is 37.0 Å². The van der Waals surface area contributed by atoms with E-state index >= 15 is 0 Å². The fourth-order valence-corrected chi connectivity index (χ4v) is 2.34. The van der Waals surface area contributed by atoms with Gasteiger partial charge >= 0.3 is 0 Å². The zero-order valence-electron chi connectivity index (χ0n) is 10.7. The average Bonchev–Trinajstić information content (AvgIpc) is 2.97. The smallest absolute Gasteiger partial charge is 0.197 e. The molecule has 2 heterocycles. The van der Waals surface area contributed by atoms with Crippen LogP contribution in [0.25, 0.3) is 0 Å². The summed E-state index contributed by atoms with van der Waals surface area (Å²) in [5.74, 6) is 1.06. The third-order valence-electron chi connectivity index (χ3n) is 3.00. The second kappa shape index (κ2) is 6.07. The van der Waals surface area contributed by atoms with Crippen molar-refractivity contribution in [3.63, 3.8) is 0 Å². The van der Waals surface area contributed by atoms with E-state index in [0.717, 1.165) is 30.9 Å². The van der Waals surface area contributed by atoms with Gasteiger partial charge in [0.25, 0.3) is 0 Å². The van der Waals surface area contributed by atoms with Crippen LogP contribution in [0.1, 0.15) is 31.3 Å². The summed E-state index contributed by atoms with van der Waals surface area (Å²) < 4.78 is 7.30. The van der Waals surface area contributed by atoms with E-state index in [2.05, 4.69) is 28.7 Å². The van der Waals surface area contributed by atoms with Gasteiger partial charge in [-0.05, 0) is 31.1 Å². The van der Waals surface area contributed by atoms with Gasteiger partial charge in [0.1, 0.15) is 5.82 Å². The second-order valence-corrected chi connectivity index (χ2v) is 4.44. The van der Waals surface area contributed by atoms with Crippen LogP contribution in [0.5, 0.6) is 0 Å². The molecule has 0 spiro atoms. The number of hydrogen-bond acceptors (Lipinski definition) is 3. The topological polar surface area (TPSA) is 43.0 Å². The molecule has 0 aliphatic carbocycles. The molecule has 0 amide bonds. The van der Waals surface area contributed by atoms with Crippen LogP contribution in [-0.2, 0) is 13.0 Å². The number of imidazole rings is 1. The maximum absolute atomic E-state index is 6.05. The Morgan fingerprint density at radius 3 is 2.94 bits per heavy atom. The first-order chi connectivity index (χ1) is 8.76. The lowest BCUT2D eigenvalue weighted by atomic mass is 10.1. The molecule has 4 nitrogen and oxygen atoms in total. The molecule has 18 heavy (non-hydrogen) atoms. The van der Waals surface area contributed by atoms with Crippen LogP contribution in [0, 0.1) is 0 Å². The van der Waals surface area contributed by atoms with Gasteiger partial charge in [-0.2, -0.15) is 0 Å². The van der Waals surface area contributed by atoms with Crippen molar-refractivity contribution in [1.82, 2.24) is 14.9 Å². The fraction of sp³-hybridized carbons (Fsp3) is 0.462. The number of rotatable bonds is 6. The number of furan rings is 1. The number of nitrogens with zero attached hydrogens (tertiary/aromatic N) is 2. The standard InChI is InChI=1S/C13H18ClN3O/c1-3-15-11(10-5-8-18-13(10)14)9-12-16-6-7-17(12)4-2/h5-8,11,15H,3-4,9H2,1-2H3. The van der Waals surface area contributed by atoms with Gasteiger partial charge in [0.05, 0.1) is 6.26 Å². The molecule has 1 unspecified atom stereocenters. The van der Waals surface area contributed by atoms with Crippen LogP contribution in [0.3, 0.4) is 0 Å². The highest BCUT2D eigenvalue weighted by molar-refractivity contribution is 6.29. The number of aromatic nitrogens is 2. The van der Waals surface area contributed by atoms with Crippen LogP contribution in [0.15, 0.2) is 29.1 Å². The van der Waals surface area contributed by atoms with Gasteiger partial charge in [-0.1, -0.05) is 6.92 Å². The Balaban J connectivity index is 2.19. The number of nitrogens with one attached hydrogen (secondary N) is 1. The van der Waals surface area contributed by atoms with E-state index in [1.54, 1.807) is 6.26 Å². The Morgan fingerprint density at radius 2 is 2.33 bits per heavy atom. The van der Waals surface area contributed by atoms with Crippen LogP contribution < -0.4 is 5.32 Å². The monoisotopic (exact) mass is 267 g/mol. The summed E-state index contributed by atoms with van der Waals surface area (Å²) >= 11 is 6.05. The molecule has 98 valence electrons. The minimum Gasteiger partial charge on any atom is -0.453 e. The van der Waals surface area contributed by atoms with Crippen molar-refractivity contribution in [3.8, 4) is 0 Å². The molecule has 1 atom stereocenters. The molecule has 1 N–H and O–H groups in total. The molecule has 0 bridgehead atoms. The molecule has 5 heteroatoms. The van der Waals surface area contributed by atoms with Crippen LogP contribution >= 0.6 is 11.6 Å². The first kappa shape index (κ1) is 13.2. The van der Waals surface area contributed by atoms with Gasteiger partial charge in [-0.25, -0.2) is 4.98 Å². The van der Waals surface area contributed by atoms with E-state index in [9.17, 15) is 0 Å². The van der Waals surface area contributed by atoms with E-state index in [0.29, 0.717) is 5.22 Å². The number of halogens is 1. The Labute approximate surface area is 112 Å². The Bertz CT molecular complexity index is 492. The van der Waals surface area contributed by atoms with Crippen molar-refractivity contribution >= 4 is 11.6 Å². The quantitative estimate of drug-likeness (QED) is 0.875. The Morgan fingerprint density at radius 1 is 1.50 bits per heavy atom. The predicted octanol–water partition coefficient (Wildman–Crippen LogP) is 3.04. The predicted molar refractivity (Wildman–Crippen MR) is 71.7 cm³/mol. The molecule has 0 fully saturated rings. The van der Waals surface area contributed by atoms with Crippen LogP contribution in [-0.4, -0.2) is 16.1 Å². The second-order valence-electron chi connectivity index (χ2n) is 4.09. The molecule has 2 aromatic rings. The van der Waals surface area contributed by atoms with Gasteiger partial charge in [0.15, 0.2) is 5.22 Å². The number of likely N-dealkylation sites (N-methyl/N-ethyl adjacent to an activating group) is 1. The van der Waals surface area contributed by atoms with Crippen molar-refractivity contribution in [2.45, 2.75) is 32.9 Å². The van der Waals surface area contributed by atoms with E-state index in [1.165, 1.54) is 0 Å². The summed E-state index contributed by atoms with van der Waals surface area (Å²) in [6, 6.07) is 2.04. The van der Waals surface area contributed by atoms with Gasteiger partial charge < -0.3 is 14.3 Å². The molecule has 0 aromatic carbocycles. The Hall–Kier alpha value is -1.26. The normalized spacial score (nSPS) is 12.8. The maximum atomic E-state index is 6.05. The van der Waals surface area contributed by atoms with Crippen molar-refractivity contribution in [1.29, 1.82) is 0 Å². The van der Waals surface area contributed by atoms with Gasteiger partial charge in [-0.15, -0.1) is 0 Å². The Kier molecular flexibility index (Phi) is 4.44. The summed E-state index contributed by atoms with van der Waals surface area (Å²) in [6.45, 7) is 5.98. The molecule has 2 aromatic heterocycles. The molecule has 2 rings (SSSR count). The SMILES string of the molecule is CCNC(Cc1nccn1CC)c1ccoc1Cl. The molecular weight excluding hydrogens is 250 g/mol. The van der Waals surface area contributed by atoms with Crippen molar-refractivity contribution < 1.29 is 4.42 Å². The average molecular weight is 268 g/mol. The van der Waals surface area contributed by atoms with Gasteiger partial charge in [0.2, 0.25) is 0 Å². The highest BCUT2D eigenvalue weighted by atomic mass is 35.5. The van der Waals surface area contributed by atoms with E-state index in [-0.39, 0.29) is 6.04 Å². The zero-order valence-corrected chi connectivity index (χ0v) is 11.4. The molecular formula is C13H18ClN3O. The third-order valence-corrected chi connectivity index (χ3v) is 3.31. The number of hydrogen-bond donors (Lipinski definition) is 1. The summed E-state index contributed by atoms with van der Waals surface area (Å²) in [5, 5.41) is 3.87. The van der Waals surface area contributed by atoms with Crippen LogP contribution in [0.2, 0.25) is 5.22 Å². The molecule has 0 saturated carbocycles. The molecule has 0 radical (unpaired) electrons. The maximum Gasteiger partial charge on any atom is 0.197 e. The van der Waals surface area contributed by atoms with Crippen molar-refractivity contribution in [3.05, 3.63) is 41.3 Å². The van der Waals surface area contributed by atoms with E-state index in [4.69, 9.17) is 16.0 Å². The molecule has 0 aliphatic heterocycles. The first-order valence-corrected chi connectivity index (χ1v) is 6.60. The van der Waals surface area contributed by atoms with E-state index in [1.807, 2.05) is 18.5 Å². The largest absolute Gasteiger partial charge is 0.453 e. The van der Waals surface area contributed by atoms with Gasteiger partial charge in [-0.3, -0.25) is 0 Å². The van der Waals surface area contributed by atoms with Crippen molar-refractivity contribution in [2.24, 2.45) is 0 Å². The zero-order chi connectivity index (χ0) is 13.0. The fourth-order valence-electron chi connectivity index (χ4n) is 2.09. The summed E-state index contributed by atoms with van der Waals surface area (Å²) in [4.78, 5) is 4.40. The van der Waals surface area contributed by atoms with E-state index < -0.39 is 0 Å². The molecule has 0 aliphatic rings. The highest BCUT2D eigenvalue weighted by Gasteiger charge is 2.18. The highest BCUT2D eigenvalue weighted by Crippen LogP contribution is 2.26. The molecule has 0 saturated heterocycles. The first-order valence-electron chi connectivity index (χ1n) is 6.22. The van der Waals surface area contributed by atoms with Crippen LogP contribution in [0.4, 0.5) is 0 Å². The lowest BCUT2D eigenvalue weighted by Gasteiger charge is -2.17. The minimum atomic E-state index is 0.133. The lowest BCUT2D eigenvalue weighted by Crippen LogP contribution is -2.24. The summed E-state index contributed by atoms with van der Waals surface area (Å²) in [6.07, 6.45) is 6.25.